The summed E-state index contributed by atoms with van der Waals surface area (Å²) in [5.74, 6) is -0.0709. The Bertz CT molecular complexity index is 2080. The minimum Gasteiger partial charge on any atom is -0.744 e. The Kier molecular flexibility index (Phi) is 15.8. The third kappa shape index (κ3) is 11.6. The van der Waals surface area contributed by atoms with E-state index in [-0.39, 0.29) is 67.1 Å². The molecule has 296 valence electrons. The maximum Gasteiger partial charge on any atom is 1.00 e. The van der Waals surface area contributed by atoms with Crippen molar-refractivity contribution in [3.05, 3.63) is 71.5 Å². The van der Waals surface area contributed by atoms with Crippen LogP contribution in [0, 0.1) is 0 Å². The number of anilines is 1. The molecular weight excluding hydrogens is 772 g/mol. The van der Waals surface area contributed by atoms with Gasteiger partial charge in [0.2, 0.25) is 11.6 Å². The number of carbonyl (C=O) groups is 2. The van der Waals surface area contributed by atoms with Gasteiger partial charge in [-0.2, -0.15) is 4.58 Å². The van der Waals surface area contributed by atoms with Crippen LogP contribution in [0.4, 0.5) is 16.2 Å². The first-order valence-electron chi connectivity index (χ1n) is 18.2. The van der Waals surface area contributed by atoms with Crippen LogP contribution in [0.25, 0.3) is 0 Å². The normalized spacial score (nSPS) is 16.9. The van der Waals surface area contributed by atoms with Crippen LogP contribution in [0.2, 0.25) is 0 Å². The zero-order chi connectivity index (χ0) is 40.3. The first kappa shape index (κ1) is 47.0. The largest absolute Gasteiger partial charge is 1.00 e. The number of nitrogens with zero attached hydrogens (tertiary/aromatic N) is 2. The molecule has 2 N–H and O–H groups in total. The summed E-state index contributed by atoms with van der Waals surface area (Å²) in [5.41, 5.74) is 3.01. The van der Waals surface area contributed by atoms with Crippen molar-refractivity contribution in [2.75, 3.05) is 31.1 Å². The quantitative estimate of drug-likeness (QED) is 0.117. The van der Waals surface area contributed by atoms with Crippen molar-refractivity contribution in [2.45, 2.75) is 114 Å². The Morgan fingerprint density at radius 3 is 2.05 bits per heavy atom. The van der Waals surface area contributed by atoms with Gasteiger partial charge in [0.15, 0.2) is 5.71 Å². The average molecular weight is 825 g/mol. The van der Waals surface area contributed by atoms with E-state index in [1.54, 1.807) is 32.9 Å². The van der Waals surface area contributed by atoms with Crippen molar-refractivity contribution in [2.24, 2.45) is 0 Å². The topological polar surface area (TPSA) is 188 Å². The van der Waals surface area contributed by atoms with Gasteiger partial charge in [-0.1, -0.05) is 19.9 Å². The predicted octanol–water partition coefficient (Wildman–Crippen LogP) is 2.72. The molecule has 0 aliphatic carbocycles. The van der Waals surface area contributed by atoms with E-state index < -0.39 is 42.8 Å². The third-order valence-corrected chi connectivity index (χ3v) is 11.4. The Hall–Kier alpha value is -2.41. The minimum absolute atomic E-state index is 0. The number of unbranched alkanes of at least 4 members (excludes halogenated alkanes) is 2. The van der Waals surface area contributed by atoms with Crippen molar-refractivity contribution in [3.63, 3.8) is 0 Å². The minimum atomic E-state index is -4.68. The van der Waals surface area contributed by atoms with Gasteiger partial charge in [0.05, 0.1) is 15.2 Å². The molecule has 16 heteroatoms. The smallest absolute Gasteiger partial charge is 0.744 e. The second kappa shape index (κ2) is 18.5. The number of carbonyl (C=O) groups excluding carboxylic acids is 2. The maximum atomic E-state index is 12.4. The van der Waals surface area contributed by atoms with Crippen LogP contribution in [0.5, 0.6) is 0 Å². The molecule has 2 aromatic rings. The molecule has 0 bridgehead atoms. The number of benzene rings is 2. The summed E-state index contributed by atoms with van der Waals surface area (Å²) in [5, 5.41) is 5.55. The zero-order valence-electron chi connectivity index (χ0n) is 33.4. The van der Waals surface area contributed by atoms with Crippen LogP contribution >= 0.6 is 0 Å². The van der Waals surface area contributed by atoms with Crippen LogP contribution in [0.3, 0.4) is 0 Å². The Balaban J connectivity index is 0.00000812. The number of likely N-dealkylation sites (N-methyl/N-ethyl adjacent to an activating group) is 1. The standard InChI is InChI=1S/C39H54N4O9S2.K/c1-9-42-31-20-18-27(53(46,47)48)25-29(31)38(5,6)33(42)15-13-16-34-39(7,8)30-26-28(54(49,50)51)19-21-32(30)43(34)24-12-10-11-17-35(44)40-22-14-23-41-36(45)52-37(2,3)4;/h13,15-16,18-21,25-26H,9-12,14,17,22-24H2,1-8H3,(H3-,40,41,44,45,46,47,48,49,50,51);/q;+1/p-1. The van der Waals surface area contributed by atoms with Crippen molar-refractivity contribution in [1.29, 1.82) is 0 Å². The van der Waals surface area contributed by atoms with E-state index in [1.165, 1.54) is 24.3 Å². The SMILES string of the molecule is CCN1/C(=C/C=C/C2=[N+](CCCCCC(=O)NCCCNC(=O)OC(C)(C)C)c3ccc(S(=O)(=O)[O-])cc3C2(C)C)C(C)(C)c2cc(S(=O)(=O)[O-])ccc21.[K+]. The molecular formula is C39H53KN4O9S2. The zero-order valence-corrected chi connectivity index (χ0v) is 38.2. The molecule has 0 radical (unpaired) electrons. The van der Waals surface area contributed by atoms with Crippen LogP contribution in [-0.4, -0.2) is 80.0 Å². The molecule has 2 aliphatic heterocycles. The van der Waals surface area contributed by atoms with E-state index in [4.69, 9.17) is 4.74 Å². The Labute approximate surface area is 369 Å². The van der Waals surface area contributed by atoms with Gasteiger partial charge in [0, 0.05) is 67.0 Å². The monoisotopic (exact) mass is 824 g/mol. The number of rotatable bonds is 15. The third-order valence-electron chi connectivity index (χ3n) is 9.76. The molecule has 0 atom stereocenters. The molecule has 0 fully saturated rings. The van der Waals surface area contributed by atoms with E-state index >= 15 is 0 Å². The molecule has 55 heavy (non-hydrogen) atoms. The van der Waals surface area contributed by atoms with Gasteiger partial charge in [0.25, 0.3) is 0 Å². The second-order valence-electron chi connectivity index (χ2n) is 15.7. The summed E-state index contributed by atoms with van der Waals surface area (Å²) < 4.78 is 78.7. The summed E-state index contributed by atoms with van der Waals surface area (Å²) in [6.45, 7) is 17.3. The molecule has 13 nitrogen and oxygen atoms in total. The number of hydrogen-bond donors (Lipinski definition) is 2. The van der Waals surface area contributed by atoms with Gasteiger partial charge >= 0.3 is 57.5 Å². The summed E-state index contributed by atoms with van der Waals surface area (Å²) in [7, 11) is -9.31. The molecule has 4 rings (SSSR count). The number of fused-ring (bicyclic) bond motifs is 2. The van der Waals surface area contributed by atoms with Crippen molar-refractivity contribution >= 4 is 49.3 Å². The number of ether oxygens (including phenoxy) is 1. The van der Waals surface area contributed by atoms with Crippen LogP contribution in [0.15, 0.2) is 70.1 Å². The first-order valence-corrected chi connectivity index (χ1v) is 21.1. The van der Waals surface area contributed by atoms with E-state index in [0.29, 0.717) is 51.0 Å². The summed E-state index contributed by atoms with van der Waals surface area (Å²) in [6.07, 6.45) is 8.45. The van der Waals surface area contributed by atoms with Gasteiger partial charge in [-0.05, 0) is 103 Å². The molecule has 0 aromatic heterocycles. The molecule has 0 unspecified atom stereocenters. The van der Waals surface area contributed by atoms with Crippen LogP contribution in [-0.2, 0) is 40.6 Å². The van der Waals surface area contributed by atoms with E-state index in [0.717, 1.165) is 41.2 Å². The second-order valence-corrected chi connectivity index (χ2v) is 18.4. The van der Waals surface area contributed by atoms with Crippen LogP contribution in [0.1, 0.15) is 98.6 Å². The fourth-order valence-electron chi connectivity index (χ4n) is 7.07. The molecule has 2 aliphatic rings. The molecule has 2 aromatic carbocycles. The van der Waals surface area contributed by atoms with Crippen molar-refractivity contribution in [1.82, 2.24) is 10.6 Å². The van der Waals surface area contributed by atoms with Gasteiger partial charge in [-0.15, -0.1) is 0 Å². The molecule has 0 spiro atoms. The van der Waals surface area contributed by atoms with E-state index in [9.17, 15) is 35.5 Å². The Morgan fingerprint density at radius 2 is 1.45 bits per heavy atom. The van der Waals surface area contributed by atoms with Crippen molar-refractivity contribution in [3.8, 4) is 0 Å². The van der Waals surface area contributed by atoms with Gasteiger partial charge < -0.3 is 29.4 Å². The maximum absolute atomic E-state index is 12.4. The molecule has 2 amide bonds. The predicted molar refractivity (Wildman–Crippen MR) is 205 cm³/mol. The molecule has 0 saturated carbocycles. The van der Waals surface area contributed by atoms with Gasteiger partial charge in [0.1, 0.15) is 32.4 Å². The van der Waals surface area contributed by atoms with E-state index in [1.807, 2.05) is 52.8 Å². The van der Waals surface area contributed by atoms with Gasteiger partial charge in [-0.25, -0.2) is 21.6 Å². The summed E-state index contributed by atoms with van der Waals surface area (Å²) in [6, 6.07) is 8.91. The number of amides is 2. The summed E-state index contributed by atoms with van der Waals surface area (Å²) in [4.78, 5) is 25.7. The fourth-order valence-corrected chi connectivity index (χ4v) is 8.07. The van der Waals surface area contributed by atoms with Gasteiger partial charge in [-0.3, -0.25) is 4.79 Å². The Morgan fingerprint density at radius 1 is 0.855 bits per heavy atom. The van der Waals surface area contributed by atoms with Crippen molar-refractivity contribution < 1.29 is 96.2 Å². The number of allylic oxidation sites excluding steroid dienone is 4. The average Bonchev–Trinajstić information content (AvgIpc) is 3.40. The number of hydrogen-bond acceptors (Lipinski definition) is 10. The summed E-state index contributed by atoms with van der Waals surface area (Å²) >= 11 is 0. The molecule has 0 saturated heterocycles. The van der Waals surface area contributed by atoms with Crippen LogP contribution < -0.4 is 66.9 Å². The molecule has 2 heterocycles. The van der Waals surface area contributed by atoms with E-state index in [2.05, 4.69) is 20.1 Å². The first-order chi connectivity index (χ1) is 25.0. The fraction of sp³-hybridized carbons (Fsp3) is 0.513. The number of nitrogens with one attached hydrogen (secondary N) is 2. The number of alkyl carbamates (subject to hydrolysis) is 1.